The highest BCUT2D eigenvalue weighted by Gasteiger charge is 2.12. The van der Waals surface area contributed by atoms with Crippen molar-refractivity contribution in [1.29, 1.82) is 0 Å². The minimum atomic E-state index is -0.167. The summed E-state index contributed by atoms with van der Waals surface area (Å²) in [6.45, 7) is 0. The predicted molar refractivity (Wildman–Crippen MR) is 66.1 cm³/mol. The fourth-order valence-corrected chi connectivity index (χ4v) is 2.01. The van der Waals surface area contributed by atoms with E-state index in [2.05, 4.69) is 10.3 Å². The molecule has 0 aliphatic heterocycles. The van der Waals surface area contributed by atoms with E-state index in [0.29, 0.717) is 5.69 Å². The number of amides is 1. The average Bonchev–Trinajstić information content (AvgIpc) is 2.86. The number of fused-ring (bicyclic) bond motifs is 3. The highest BCUT2D eigenvalue weighted by molar-refractivity contribution is 6.01. The Morgan fingerprint density at radius 3 is 2.76 bits per heavy atom. The maximum atomic E-state index is 11.8. The van der Waals surface area contributed by atoms with Crippen LogP contribution in [0.3, 0.4) is 0 Å². The van der Waals surface area contributed by atoms with Crippen LogP contribution in [0.25, 0.3) is 16.6 Å². The monoisotopic (exact) mass is 225 g/mol. The topological polar surface area (TPSA) is 46.4 Å². The van der Waals surface area contributed by atoms with Crippen molar-refractivity contribution in [2.45, 2.75) is 0 Å². The summed E-state index contributed by atoms with van der Waals surface area (Å²) in [5.41, 5.74) is 3.09. The van der Waals surface area contributed by atoms with E-state index in [4.69, 9.17) is 0 Å². The van der Waals surface area contributed by atoms with E-state index in [9.17, 15) is 4.79 Å². The van der Waals surface area contributed by atoms with E-state index < -0.39 is 0 Å². The van der Waals surface area contributed by atoms with Crippen LogP contribution in [0.2, 0.25) is 0 Å². The van der Waals surface area contributed by atoms with Gasteiger partial charge in [-0.25, -0.2) is 4.98 Å². The van der Waals surface area contributed by atoms with Gasteiger partial charge in [0, 0.05) is 13.2 Å². The Kier molecular flexibility index (Phi) is 2.08. The molecule has 1 amide bonds. The first kappa shape index (κ1) is 9.84. The largest absolute Gasteiger partial charge is 0.354 e. The number of nitrogens with one attached hydrogen (secondary N) is 1. The average molecular weight is 225 g/mol. The molecule has 84 valence electrons. The fourth-order valence-electron chi connectivity index (χ4n) is 2.01. The first-order valence-corrected chi connectivity index (χ1v) is 5.39. The molecule has 0 saturated carbocycles. The summed E-state index contributed by atoms with van der Waals surface area (Å²) in [5.74, 6) is -0.167. The predicted octanol–water partition coefficient (Wildman–Crippen LogP) is 1.85. The number of aromatic nitrogens is 2. The van der Waals surface area contributed by atoms with E-state index in [1.807, 2.05) is 47.0 Å². The molecule has 3 aromatic rings. The number of carbonyl (C=O) groups is 1. The lowest BCUT2D eigenvalue weighted by Crippen LogP contribution is -2.20. The summed E-state index contributed by atoms with van der Waals surface area (Å²) in [6, 6.07) is 11.6. The van der Waals surface area contributed by atoms with Gasteiger partial charge in [-0.05, 0) is 24.3 Å². The number of hydrogen-bond donors (Lipinski definition) is 1. The maximum absolute atomic E-state index is 11.8. The van der Waals surface area contributed by atoms with E-state index in [0.717, 1.165) is 16.6 Å². The molecular weight excluding hydrogens is 214 g/mol. The molecule has 0 unspecified atom stereocenters. The van der Waals surface area contributed by atoms with Crippen molar-refractivity contribution in [2.24, 2.45) is 0 Å². The van der Waals surface area contributed by atoms with Crippen molar-refractivity contribution in [2.75, 3.05) is 7.05 Å². The Hall–Kier alpha value is -2.36. The molecule has 1 N–H and O–H groups in total. The van der Waals surface area contributed by atoms with Gasteiger partial charge in [-0.1, -0.05) is 12.1 Å². The van der Waals surface area contributed by atoms with Crippen LogP contribution in [0.15, 0.2) is 42.6 Å². The molecule has 0 bridgehead atoms. The van der Waals surface area contributed by atoms with Crippen molar-refractivity contribution >= 4 is 22.5 Å². The first-order chi connectivity index (χ1) is 8.31. The number of rotatable bonds is 1. The molecule has 0 radical (unpaired) electrons. The molecule has 0 aliphatic carbocycles. The fraction of sp³-hybridized carbons (Fsp3) is 0.0769. The van der Waals surface area contributed by atoms with Gasteiger partial charge in [0.1, 0.15) is 0 Å². The van der Waals surface area contributed by atoms with E-state index in [-0.39, 0.29) is 5.91 Å². The molecule has 1 aromatic carbocycles. The van der Waals surface area contributed by atoms with Gasteiger partial charge in [0.15, 0.2) is 5.69 Å². The summed E-state index contributed by atoms with van der Waals surface area (Å²) >= 11 is 0. The van der Waals surface area contributed by atoms with Crippen molar-refractivity contribution in [3.05, 3.63) is 48.3 Å². The van der Waals surface area contributed by atoms with Gasteiger partial charge in [-0.3, -0.25) is 4.79 Å². The zero-order valence-corrected chi connectivity index (χ0v) is 9.34. The van der Waals surface area contributed by atoms with Crippen molar-refractivity contribution in [3.63, 3.8) is 0 Å². The smallest absolute Gasteiger partial charge is 0.271 e. The number of para-hydroxylation sites is 2. The normalized spacial score (nSPS) is 10.9. The van der Waals surface area contributed by atoms with Crippen LogP contribution in [-0.2, 0) is 0 Å². The lowest BCUT2D eigenvalue weighted by atomic mass is 10.2. The molecule has 0 spiro atoms. The van der Waals surface area contributed by atoms with E-state index in [1.54, 1.807) is 7.05 Å². The Bertz CT molecular complexity index is 715. The molecule has 2 aromatic heterocycles. The molecule has 0 aliphatic rings. The van der Waals surface area contributed by atoms with E-state index in [1.165, 1.54) is 0 Å². The molecule has 17 heavy (non-hydrogen) atoms. The summed E-state index contributed by atoms with van der Waals surface area (Å²) < 4.78 is 1.98. The molecule has 0 saturated heterocycles. The van der Waals surface area contributed by atoms with Gasteiger partial charge >= 0.3 is 0 Å². The number of hydrogen-bond acceptors (Lipinski definition) is 2. The van der Waals surface area contributed by atoms with Gasteiger partial charge in [-0.2, -0.15) is 0 Å². The SMILES string of the molecule is CNC(=O)c1nc2ccccc2n2cccc12. The van der Waals surface area contributed by atoms with Crippen molar-refractivity contribution in [1.82, 2.24) is 14.7 Å². The van der Waals surface area contributed by atoms with Crippen molar-refractivity contribution < 1.29 is 4.79 Å². The first-order valence-electron chi connectivity index (χ1n) is 5.39. The van der Waals surface area contributed by atoms with Crippen LogP contribution in [0.4, 0.5) is 0 Å². The van der Waals surface area contributed by atoms with Gasteiger partial charge in [0.05, 0.1) is 16.6 Å². The van der Waals surface area contributed by atoms with E-state index >= 15 is 0 Å². The molecule has 4 nitrogen and oxygen atoms in total. The second kappa shape index (κ2) is 3.59. The molecule has 0 fully saturated rings. The molecular formula is C13H11N3O. The Morgan fingerprint density at radius 2 is 1.94 bits per heavy atom. The Labute approximate surface area is 97.9 Å². The van der Waals surface area contributed by atoms with Gasteiger partial charge in [0.25, 0.3) is 5.91 Å². The summed E-state index contributed by atoms with van der Waals surface area (Å²) in [5, 5.41) is 2.61. The minimum Gasteiger partial charge on any atom is -0.354 e. The third kappa shape index (κ3) is 1.38. The third-order valence-electron chi connectivity index (χ3n) is 2.81. The number of carbonyl (C=O) groups excluding carboxylic acids is 1. The standard InChI is InChI=1S/C13H11N3O/c1-14-13(17)12-11-7-4-8-16(11)10-6-3-2-5-9(10)15-12/h2-8H,1H3,(H,14,17). The molecule has 2 heterocycles. The summed E-state index contributed by atoms with van der Waals surface area (Å²) in [6.07, 6.45) is 1.94. The number of nitrogens with zero attached hydrogens (tertiary/aromatic N) is 2. The van der Waals surface area contributed by atoms with Crippen LogP contribution in [0.1, 0.15) is 10.5 Å². The highest BCUT2D eigenvalue weighted by atomic mass is 16.1. The Balaban J connectivity index is 2.48. The number of benzene rings is 1. The van der Waals surface area contributed by atoms with Crippen LogP contribution < -0.4 is 5.32 Å². The van der Waals surface area contributed by atoms with Crippen LogP contribution >= 0.6 is 0 Å². The minimum absolute atomic E-state index is 0.167. The molecule has 0 atom stereocenters. The van der Waals surface area contributed by atoms with Gasteiger partial charge in [0.2, 0.25) is 0 Å². The summed E-state index contributed by atoms with van der Waals surface area (Å²) in [4.78, 5) is 16.2. The Morgan fingerprint density at radius 1 is 1.18 bits per heavy atom. The zero-order chi connectivity index (χ0) is 11.8. The highest BCUT2D eigenvalue weighted by Crippen LogP contribution is 2.18. The molecule has 3 rings (SSSR count). The van der Waals surface area contributed by atoms with Gasteiger partial charge < -0.3 is 9.72 Å². The van der Waals surface area contributed by atoms with Crippen LogP contribution in [-0.4, -0.2) is 22.3 Å². The second-order valence-electron chi connectivity index (χ2n) is 3.79. The zero-order valence-electron chi connectivity index (χ0n) is 9.34. The van der Waals surface area contributed by atoms with Crippen LogP contribution in [0.5, 0.6) is 0 Å². The quantitative estimate of drug-likeness (QED) is 0.687. The maximum Gasteiger partial charge on any atom is 0.271 e. The lowest BCUT2D eigenvalue weighted by Gasteiger charge is -2.06. The van der Waals surface area contributed by atoms with Crippen LogP contribution in [0, 0.1) is 0 Å². The summed E-state index contributed by atoms with van der Waals surface area (Å²) in [7, 11) is 1.61. The lowest BCUT2D eigenvalue weighted by molar-refractivity contribution is 0.0960. The van der Waals surface area contributed by atoms with Gasteiger partial charge in [-0.15, -0.1) is 0 Å². The van der Waals surface area contributed by atoms with Crippen molar-refractivity contribution in [3.8, 4) is 0 Å². The third-order valence-corrected chi connectivity index (χ3v) is 2.81. The molecule has 4 heteroatoms. The second-order valence-corrected chi connectivity index (χ2v) is 3.79.